The van der Waals surface area contributed by atoms with Crippen LogP contribution in [0, 0.1) is 5.92 Å². The molecule has 0 bridgehead atoms. The molecule has 1 aliphatic heterocycles. The Bertz CT molecular complexity index is 592. The fourth-order valence-electron chi connectivity index (χ4n) is 2.52. The second-order valence-electron chi connectivity index (χ2n) is 5.23. The van der Waals surface area contributed by atoms with E-state index in [1.165, 1.54) is 4.31 Å². The molecule has 0 unspecified atom stereocenters. The molecule has 5 nitrogen and oxygen atoms in total. The first kappa shape index (κ1) is 16.5. The number of carboxylic acid groups (broad SMARTS) is 1. The van der Waals surface area contributed by atoms with E-state index < -0.39 is 16.0 Å². The van der Waals surface area contributed by atoms with Crippen molar-refractivity contribution >= 4 is 31.9 Å². The van der Waals surface area contributed by atoms with Crippen LogP contribution in [-0.2, 0) is 14.8 Å². The number of hydrogen-bond acceptors (Lipinski definition) is 3. The molecule has 1 N–H and O–H groups in total. The van der Waals surface area contributed by atoms with E-state index >= 15 is 0 Å². The van der Waals surface area contributed by atoms with Crippen molar-refractivity contribution in [3.63, 3.8) is 0 Å². The molecule has 21 heavy (non-hydrogen) atoms. The highest BCUT2D eigenvalue weighted by molar-refractivity contribution is 9.10. The molecule has 0 spiro atoms. The summed E-state index contributed by atoms with van der Waals surface area (Å²) in [5, 5.41) is 8.69. The second-order valence-corrected chi connectivity index (χ2v) is 8.09. The van der Waals surface area contributed by atoms with Crippen LogP contribution in [0.1, 0.15) is 25.7 Å². The fourth-order valence-corrected chi connectivity index (χ4v) is 4.26. The van der Waals surface area contributed by atoms with Crippen LogP contribution >= 0.6 is 15.9 Å². The van der Waals surface area contributed by atoms with Crippen LogP contribution in [0.3, 0.4) is 0 Å². The Morgan fingerprint density at radius 3 is 2.33 bits per heavy atom. The third-order valence-corrected chi connectivity index (χ3v) is 6.23. The van der Waals surface area contributed by atoms with E-state index in [9.17, 15) is 13.2 Å². The van der Waals surface area contributed by atoms with Crippen molar-refractivity contribution in [2.45, 2.75) is 30.6 Å². The lowest BCUT2D eigenvalue weighted by Crippen LogP contribution is -2.38. The summed E-state index contributed by atoms with van der Waals surface area (Å²) in [5.41, 5.74) is 0. The Balaban J connectivity index is 1.97. The molecule has 7 heteroatoms. The summed E-state index contributed by atoms with van der Waals surface area (Å²) in [4.78, 5) is 10.9. The van der Waals surface area contributed by atoms with Gasteiger partial charge in [-0.15, -0.1) is 0 Å². The minimum Gasteiger partial charge on any atom is -0.481 e. The van der Waals surface area contributed by atoms with Gasteiger partial charge in [-0.25, -0.2) is 8.42 Å². The molecule has 1 heterocycles. The molecule has 116 valence electrons. The number of piperidine rings is 1. The molecule has 2 rings (SSSR count). The lowest BCUT2D eigenvalue weighted by Gasteiger charge is -2.31. The molecule has 0 amide bonds. The summed E-state index contributed by atoms with van der Waals surface area (Å²) >= 11 is 3.29. The third kappa shape index (κ3) is 4.28. The van der Waals surface area contributed by atoms with Crippen molar-refractivity contribution in [3.8, 4) is 0 Å². The van der Waals surface area contributed by atoms with Gasteiger partial charge in [-0.3, -0.25) is 4.79 Å². The van der Waals surface area contributed by atoms with Crippen molar-refractivity contribution in [2.24, 2.45) is 5.92 Å². The van der Waals surface area contributed by atoms with E-state index in [-0.39, 0.29) is 6.42 Å². The maximum absolute atomic E-state index is 12.5. The smallest absolute Gasteiger partial charge is 0.303 e. The zero-order chi connectivity index (χ0) is 15.5. The summed E-state index contributed by atoms with van der Waals surface area (Å²) < 4.78 is 27.3. The van der Waals surface area contributed by atoms with Gasteiger partial charge in [-0.1, -0.05) is 15.9 Å². The molecule has 0 aliphatic carbocycles. The maximum Gasteiger partial charge on any atom is 0.303 e. The normalized spacial score (nSPS) is 17.8. The van der Waals surface area contributed by atoms with E-state index in [1.807, 2.05) is 0 Å². The van der Waals surface area contributed by atoms with E-state index in [0.29, 0.717) is 30.3 Å². The zero-order valence-electron chi connectivity index (χ0n) is 11.5. The number of sulfonamides is 1. The van der Waals surface area contributed by atoms with Crippen LogP contribution in [0.25, 0.3) is 0 Å². The molecule has 0 atom stereocenters. The van der Waals surface area contributed by atoms with E-state index in [4.69, 9.17) is 5.11 Å². The largest absolute Gasteiger partial charge is 0.481 e. The minimum absolute atomic E-state index is 0.157. The van der Waals surface area contributed by atoms with Gasteiger partial charge in [0.1, 0.15) is 0 Å². The summed E-state index contributed by atoms with van der Waals surface area (Å²) in [6.45, 7) is 0.922. The lowest BCUT2D eigenvalue weighted by atomic mass is 9.93. The van der Waals surface area contributed by atoms with Crippen LogP contribution < -0.4 is 0 Å². The van der Waals surface area contributed by atoms with Crippen molar-refractivity contribution in [3.05, 3.63) is 28.7 Å². The molecule has 1 aromatic carbocycles. The summed E-state index contributed by atoms with van der Waals surface area (Å²) in [6, 6.07) is 6.62. The number of hydrogen-bond donors (Lipinski definition) is 1. The van der Waals surface area contributed by atoms with Gasteiger partial charge in [0, 0.05) is 24.0 Å². The highest BCUT2D eigenvalue weighted by Crippen LogP contribution is 2.26. The number of nitrogens with zero attached hydrogens (tertiary/aromatic N) is 1. The topological polar surface area (TPSA) is 74.7 Å². The summed E-state index contributed by atoms with van der Waals surface area (Å²) in [6.07, 6.45) is 2.23. The first-order chi connectivity index (χ1) is 9.89. The number of halogens is 1. The van der Waals surface area contributed by atoms with Crippen molar-refractivity contribution in [2.75, 3.05) is 13.1 Å². The van der Waals surface area contributed by atoms with E-state index in [0.717, 1.165) is 17.3 Å². The number of aliphatic carboxylic acids is 1. The predicted molar refractivity (Wildman–Crippen MR) is 82.5 cm³/mol. The zero-order valence-corrected chi connectivity index (χ0v) is 13.9. The fraction of sp³-hybridized carbons (Fsp3) is 0.500. The van der Waals surface area contributed by atoms with Crippen molar-refractivity contribution < 1.29 is 18.3 Å². The Labute approximate surface area is 133 Å². The summed E-state index contributed by atoms with van der Waals surface area (Å²) in [7, 11) is -3.44. The van der Waals surface area contributed by atoms with Gasteiger partial charge in [-0.05, 0) is 49.4 Å². The van der Waals surface area contributed by atoms with Gasteiger partial charge in [0.15, 0.2) is 0 Å². The average molecular weight is 376 g/mol. The lowest BCUT2D eigenvalue weighted by molar-refractivity contribution is -0.137. The van der Waals surface area contributed by atoms with Crippen LogP contribution in [0.2, 0.25) is 0 Å². The molecule has 0 radical (unpaired) electrons. The standard InChI is InChI=1S/C14H18BrNO4S/c15-12-2-4-13(5-3-12)21(19,20)16-9-7-11(8-10-16)1-6-14(17)18/h2-5,11H,1,6-10H2,(H,17,18). The SMILES string of the molecule is O=C(O)CCC1CCN(S(=O)(=O)c2ccc(Br)cc2)CC1. The molecular formula is C14H18BrNO4S. The maximum atomic E-state index is 12.5. The van der Waals surface area contributed by atoms with Gasteiger partial charge in [0.25, 0.3) is 0 Å². The second kappa shape index (κ2) is 6.89. The van der Waals surface area contributed by atoms with Gasteiger partial charge < -0.3 is 5.11 Å². The number of benzene rings is 1. The van der Waals surface area contributed by atoms with E-state index in [1.54, 1.807) is 24.3 Å². The summed E-state index contributed by atoms with van der Waals surface area (Å²) in [5.74, 6) is -0.489. The highest BCUT2D eigenvalue weighted by Gasteiger charge is 2.29. The monoisotopic (exact) mass is 375 g/mol. The molecule has 1 saturated heterocycles. The molecule has 0 aromatic heterocycles. The first-order valence-corrected chi connectivity index (χ1v) is 9.10. The molecule has 1 aromatic rings. The van der Waals surface area contributed by atoms with Gasteiger partial charge in [-0.2, -0.15) is 4.31 Å². The molecule has 1 fully saturated rings. The van der Waals surface area contributed by atoms with Gasteiger partial charge >= 0.3 is 5.97 Å². The number of carbonyl (C=O) groups is 1. The minimum atomic E-state index is -3.44. The molecular weight excluding hydrogens is 358 g/mol. The third-order valence-electron chi connectivity index (χ3n) is 3.79. The molecule has 1 aliphatic rings. The average Bonchev–Trinajstić information content (AvgIpc) is 2.46. The van der Waals surface area contributed by atoms with Crippen LogP contribution in [0.4, 0.5) is 0 Å². The van der Waals surface area contributed by atoms with Gasteiger partial charge in [0.05, 0.1) is 4.90 Å². The highest BCUT2D eigenvalue weighted by atomic mass is 79.9. The predicted octanol–water partition coefficient (Wildman–Crippen LogP) is 2.71. The number of rotatable bonds is 5. The van der Waals surface area contributed by atoms with Gasteiger partial charge in [0.2, 0.25) is 10.0 Å². The quantitative estimate of drug-likeness (QED) is 0.858. The Morgan fingerprint density at radius 2 is 1.81 bits per heavy atom. The Morgan fingerprint density at radius 1 is 1.24 bits per heavy atom. The Hall–Kier alpha value is -0.920. The van der Waals surface area contributed by atoms with Crippen LogP contribution in [0.5, 0.6) is 0 Å². The van der Waals surface area contributed by atoms with Crippen LogP contribution in [-0.4, -0.2) is 36.9 Å². The molecule has 0 saturated carbocycles. The van der Waals surface area contributed by atoms with Crippen molar-refractivity contribution in [1.29, 1.82) is 0 Å². The van der Waals surface area contributed by atoms with Crippen molar-refractivity contribution in [1.82, 2.24) is 4.31 Å². The van der Waals surface area contributed by atoms with E-state index in [2.05, 4.69) is 15.9 Å². The van der Waals surface area contributed by atoms with Crippen LogP contribution in [0.15, 0.2) is 33.6 Å². The number of carboxylic acids is 1. The first-order valence-electron chi connectivity index (χ1n) is 6.87. The Kier molecular flexibility index (Phi) is 5.40.